The van der Waals surface area contributed by atoms with Gasteiger partial charge in [0.1, 0.15) is 10.4 Å². The van der Waals surface area contributed by atoms with E-state index >= 15 is 0 Å². The fourth-order valence-corrected chi connectivity index (χ4v) is 2.05. The molecule has 0 radical (unpaired) electrons. The van der Waals surface area contributed by atoms with E-state index in [1.165, 1.54) is 0 Å². The molecule has 4 heteroatoms. The van der Waals surface area contributed by atoms with Gasteiger partial charge in [0.05, 0.1) is 5.60 Å². The summed E-state index contributed by atoms with van der Waals surface area (Å²) < 4.78 is 0.835. The Balaban J connectivity index is 2.17. The molecule has 1 N–H and O–H groups in total. The number of rotatable bonds is 1. The van der Waals surface area contributed by atoms with E-state index in [9.17, 15) is 5.11 Å². The molecule has 3 nitrogen and oxygen atoms in total. The van der Waals surface area contributed by atoms with Crippen LogP contribution in [0.2, 0.25) is 0 Å². The van der Waals surface area contributed by atoms with Crippen molar-refractivity contribution in [2.24, 2.45) is 0 Å². The van der Waals surface area contributed by atoms with Crippen molar-refractivity contribution in [1.82, 2.24) is 4.98 Å². The van der Waals surface area contributed by atoms with Crippen molar-refractivity contribution in [3.05, 3.63) is 22.8 Å². The van der Waals surface area contributed by atoms with Crippen molar-refractivity contribution in [1.29, 1.82) is 0 Å². The molecule has 1 atom stereocenters. The maximum atomic E-state index is 9.81. The average molecular weight is 257 g/mol. The van der Waals surface area contributed by atoms with Gasteiger partial charge in [-0.05, 0) is 41.4 Å². The first kappa shape index (κ1) is 9.93. The van der Waals surface area contributed by atoms with Gasteiger partial charge in [0.2, 0.25) is 0 Å². The first-order chi connectivity index (χ1) is 6.57. The van der Waals surface area contributed by atoms with Gasteiger partial charge in [-0.25, -0.2) is 4.98 Å². The van der Waals surface area contributed by atoms with Crippen LogP contribution < -0.4 is 4.90 Å². The molecule has 76 valence electrons. The van der Waals surface area contributed by atoms with Crippen molar-refractivity contribution in [3.8, 4) is 0 Å². The predicted octanol–water partition coefficient (Wildman–Crippen LogP) is 1.81. The molecule has 0 aliphatic carbocycles. The minimum Gasteiger partial charge on any atom is -0.388 e. The maximum absolute atomic E-state index is 9.81. The van der Waals surface area contributed by atoms with Gasteiger partial charge in [0.25, 0.3) is 0 Å². The summed E-state index contributed by atoms with van der Waals surface area (Å²) in [4.78, 5) is 6.45. The number of β-amino-alcohol motifs (C(OH)–C–C–N with tert-alkyl or cyclic N) is 1. The maximum Gasteiger partial charge on any atom is 0.129 e. The normalized spacial score (nSPS) is 26.9. The molecule has 1 unspecified atom stereocenters. The highest BCUT2D eigenvalue weighted by molar-refractivity contribution is 9.10. The molecule has 0 saturated carbocycles. The summed E-state index contributed by atoms with van der Waals surface area (Å²) in [5, 5.41) is 9.81. The molecule has 0 aromatic carbocycles. The topological polar surface area (TPSA) is 36.4 Å². The highest BCUT2D eigenvalue weighted by atomic mass is 79.9. The Hall–Kier alpha value is -0.610. The number of halogens is 1. The second kappa shape index (κ2) is 3.51. The third-order valence-corrected chi connectivity index (χ3v) is 2.92. The molecule has 2 heterocycles. The van der Waals surface area contributed by atoms with E-state index in [0.29, 0.717) is 6.54 Å². The van der Waals surface area contributed by atoms with Crippen LogP contribution in [-0.4, -0.2) is 28.8 Å². The first-order valence-electron chi connectivity index (χ1n) is 4.67. The summed E-state index contributed by atoms with van der Waals surface area (Å²) in [5.41, 5.74) is -0.565. The lowest BCUT2D eigenvalue weighted by molar-refractivity contribution is 0.0839. The average Bonchev–Trinajstić information content (AvgIpc) is 2.46. The molecule has 0 amide bonds. The fraction of sp³-hybridized carbons (Fsp3) is 0.500. The zero-order valence-electron chi connectivity index (χ0n) is 8.07. The molecular weight excluding hydrogens is 244 g/mol. The van der Waals surface area contributed by atoms with Crippen LogP contribution in [0.1, 0.15) is 13.3 Å². The van der Waals surface area contributed by atoms with Gasteiger partial charge < -0.3 is 10.0 Å². The standard InChI is InChI=1S/C10H13BrN2O/c1-10(14)5-6-13(7-10)9-4-2-3-8(11)12-9/h2-4,14H,5-7H2,1H3. The van der Waals surface area contributed by atoms with Crippen LogP contribution in [-0.2, 0) is 0 Å². The van der Waals surface area contributed by atoms with Crippen molar-refractivity contribution < 1.29 is 5.11 Å². The number of aliphatic hydroxyl groups is 1. The molecule has 1 aliphatic rings. The summed E-state index contributed by atoms with van der Waals surface area (Å²) in [7, 11) is 0. The fourth-order valence-electron chi connectivity index (χ4n) is 1.71. The van der Waals surface area contributed by atoms with Crippen LogP contribution in [0.25, 0.3) is 0 Å². The second-order valence-electron chi connectivity index (χ2n) is 3.99. The van der Waals surface area contributed by atoms with Crippen LogP contribution in [0, 0.1) is 0 Å². The smallest absolute Gasteiger partial charge is 0.129 e. The summed E-state index contributed by atoms with van der Waals surface area (Å²) in [5.74, 6) is 0.928. The van der Waals surface area contributed by atoms with Crippen LogP contribution in [0.15, 0.2) is 22.8 Å². The quantitative estimate of drug-likeness (QED) is 0.779. The van der Waals surface area contributed by atoms with Gasteiger partial charge in [-0.1, -0.05) is 6.07 Å². The van der Waals surface area contributed by atoms with Gasteiger partial charge in [-0.3, -0.25) is 0 Å². The molecule has 0 bridgehead atoms. The molecule has 1 saturated heterocycles. The Labute approximate surface area is 91.9 Å². The molecule has 14 heavy (non-hydrogen) atoms. The van der Waals surface area contributed by atoms with Gasteiger partial charge in [0, 0.05) is 13.1 Å². The highest BCUT2D eigenvalue weighted by Gasteiger charge is 2.31. The van der Waals surface area contributed by atoms with Gasteiger partial charge in [-0.15, -0.1) is 0 Å². The van der Waals surface area contributed by atoms with Crippen molar-refractivity contribution in [3.63, 3.8) is 0 Å². The lowest BCUT2D eigenvalue weighted by Crippen LogP contribution is -2.29. The molecular formula is C10H13BrN2O. The van der Waals surface area contributed by atoms with E-state index < -0.39 is 5.60 Å². The molecule has 1 aliphatic heterocycles. The van der Waals surface area contributed by atoms with E-state index in [2.05, 4.69) is 25.8 Å². The van der Waals surface area contributed by atoms with Crippen molar-refractivity contribution in [2.75, 3.05) is 18.0 Å². The predicted molar refractivity (Wildman–Crippen MR) is 59.4 cm³/mol. The highest BCUT2D eigenvalue weighted by Crippen LogP contribution is 2.25. The minimum absolute atomic E-state index is 0.565. The number of hydrogen-bond donors (Lipinski definition) is 1. The van der Waals surface area contributed by atoms with Gasteiger partial charge >= 0.3 is 0 Å². The lowest BCUT2D eigenvalue weighted by Gasteiger charge is -2.19. The van der Waals surface area contributed by atoms with Crippen LogP contribution in [0.3, 0.4) is 0 Å². The van der Waals surface area contributed by atoms with E-state index in [0.717, 1.165) is 23.4 Å². The Morgan fingerprint density at radius 3 is 2.93 bits per heavy atom. The van der Waals surface area contributed by atoms with Crippen molar-refractivity contribution >= 4 is 21.7 Å². The number of anilines is 1. The Bertz CT molecular complexity index is 341. The monoisotopic (exact) mass is 256 g/mol. The second-order valence-corrected chi connectivity index (χ2v) is 4.80. The molecule has 0 spiro atoms. The summed E-state index contributed by atoms with van der Waals surface area (Å²) >= 11 is 3.34. The SMILES string of the molecule is CC1(O)CCN(c2cccc(Br)n2)C1. The molecule has 1 aromatic heterocycles. The number of aromatic nitrogens is 1. The van der Waals surface area contributed by atoms with Crippen LogP contribution in [0.4, 0.5) is 5.82 Å². The van der Waals surface area contributed by atoms with Gasteiger partial charge in [0.15, 0.2) is 0 Å². The van der Waals surface area contributed by atoms with Gasteiger partial charge in [-0.2, -0.15) is 0 Å². The third kappa shape index (κ3) is 2.07. The van der Waals surface area contributed by atoms with E-state index in [1.54, 1.807) is 0 Å². The Kier molecular flexibility index (Phi) is 2.49. The molecule has 1 fully saturated rings. The summed E-state index contributed by atoms with van der Waals surface area (Å²) in [6.07, 6.45) is 0.807. The lowest BCUT2D eigenvalue weighted by atomic mass is 10.1. The van der Waals surface area contributed by atoms with Crippen LogP contribution >= 0.6 is 15.9 Å². The number of pyridine rings is 1. The number of nitrogens with zero attached hydrogens (tertiary/aromatic N) is 2. The molecule has 2 rings (SSSR count). The zero-order valence-corrected chi connectivity index (χ0v) is 9.66. The van der Waals surface area contributed by atoms with E-state index in [1.807, 2.05) is 25.1 Å². The summed E-state index contributed by atoms with van der Waals surface area (Å²) in [6, 6.07) is 5.82. The third-order valence-electron chi connectivity index (χ3n) is 2.48. The Morgan fingerprint density at radius 1 is 1.57 bits per heavy atom. The van der Waals surface area contributed by atoms with E-state index in [-0.39, 0.29) is 0 Å². The Morgan fingerprint density at radius 2 is 2.36 bits per heavy atom. The first-order valence-corrected chi connectivity index (χ1v) is 5.46. The summed E-state index contributed by atoms with van der Waals surface area (Å²) in [6.45, 7) is 3.40. The largest absolute Gasteiger partial charge is 0.388 e. The van der Waals surface area contributed by atoms with Crippen molar-refractivity contribution in [2.45, 2.75) is 18.9 Å². The molecule has 1 aromatic rings. The van der Waals surface area contributed by atoms with Crippen LogP contribution in [0.5, 0.6) is 0 Å². The number of hydrogen-bond acceptors (Lipinski definition) is 3. The minimum atomic E-state index is -0.565. The van der Waals surface area contributed by atoms with E-state index in [4.69, 9.17) is 0 Å². The zero-order chi connectivity index (χ0) is 10.2.